The Kier molecular flexibility index (Phi) is 5.30. The van der Waals surface area contributed by atoms with Crippen LogP contribution < -0.4 is 0 Å². The third-order valence-corrected chi connectivity index (χ3v) is 3.09. The van der Waals surface area contributed by atoms with E-state index in [9.17, 15) is 4.79 Å². The molecule has 2 aromatic heterocycles. The van der Waals surface area contributed by atoms with E-state index in [0.717, 1.165) is 17.8 Å². The van der Waals surface area contributed by atoms with Crippen LogP contribution >= 0.6 is 0 Å². The third kappa shape index (κ3) is 4.68. The molecule has 0 atom stereocenters. The second-order valence-electron chi connectivity index (χ2n) is 5.76. The summed E-state index contributed by atoms with van der Waals surface area (Å²) >= 11 is 0. The van der Waals surface area contributed by atoms with E-state index >= 15 is 0 Å². The summed E-state index contributed by atoms with van der Waals surface area (Å²) in [4.78, 5) is 15.9. The predicted octanol–water partition coefficient (Wildman–Crippen LogP) is 2.21. The zero-order valence-corrected chi connectivity index (χ0v) is 13.5. The highest BCUT2D eigenvalue weighted by Gasteiger charge is 2.11. The molecule has 0 saturated carbocycles. The Morgan fingerprint density at radius 3 is 2.82 bits per heavy atom. The van der Waals surface area contributed by atoms with Gasteiger partial charge in [0.1, 0.15) is 0 Å². The quantitative estimate of drug-likeness (QED) is 0.729. The molecule has 2 heterocycles. The van der Waals surface area contributed by atoms with E-state index in [1.165, 1.54) is 0 Å². The summed E-state index contributed by atoms with van der Waals surface area (Å²) < 4.78 is 12.0. The van der Waals surface area contributed by atoms with Crippen molar-refractivity contribution in [2.75, 3.05) is 0 Å². The number of hydrogen-bond acceptors (Lipinski definition) is 6. The Hall–Kier alpha value is -2.18. The number of esters is 1. The van der Waals surface area contributed by atoms with Crippen molar-refractivity contribution in [2.24, 2.45) is 5.92 Å². The van der Waals surface area contributed by atoms with E-state index in [0.29, 0.717) is 24.2 Å². The zero-order valence-electron chi connectivity index (χ0n) is 13.5. The van der Waals surface area contributed by atoms with E-state index in [1.54, 1.807) is 4.68 Å². The van der Waals surface area contributed by atoms with Crippen molar-refractivity contribution in [2.45, 2.75) is 53.7 Å². The molecule has 0 N–H and O–H groups in total. The van der Waals surface area contributed by atoms with Crippen molar-refractivity contribution in [3.63, 3.8) is 0 Å². The Morgan fingerprint density at radius 2 is 2.18 bits per heavy atom. The molecule has 120 valence electrons. The van der Waals surface area contributed by atoms with E-state index in [2.05, 4.69) is 29.1 Å². The second-order valence-corrected chi connectivity index (χ2v) is 5.76. The lowest BCUT2D eigenvalue weighted by Crippen LogP contribution is -2.11. The molecule has 0 saturated heterocycles. The Balaban J connectivity index is 1.75. The topological polar surface area (TPSA) is 83.0 Å². The fraction of sp³-hybridized carbons (Fsp3) is 0.600. The average Bonchev–Trinajstić information content (AvgIpc) is 3.00. The van der Waals surface area contributed by atoms with Gasteiger partial charge in [-0.15, -0.1) is 0 Å². The Morgan fingerprint density at radius 1 is 1.41 bits per heavy atom. The minimum absolute atomic E-state index is 0.0149. The van der Waals surface area contributed by atoms with Crippen LogP contribution in [-0.4, -0.2) is 25.9 Å². The molecule has 0 spiro atoms. The van der Waals surface area contributed by atoms with E-state index in [-0.39, 0.29) is 19.0 Å². The summed E-state index contributed by atoms with van der Waals surface area (Å²) in [6.45, 7) is 8.55. The van der Waals surface area contributed by atoms with Gasteiger partial charge in [0.15, 0.2) is 12.4 Å². The van der Waals surface area contributed by atoms with Gasteiger partial charge in [0, 0.05) is 12.1 Å². The molecule has 22 heavy (non-hydrogen) atoms. The van der Waals surface area contributed by atoms with Gasteiger partial charge >= 0.3 is 5.97 Å². The lowest BCUT2D eigenvalue weighted by Gasteiger charge is -2.04. The number of aryl methyl sites for hydroxylation is 3. The fourth-order valence-corrected chi connectivity index (χ4v) is 2.11. The highest BCUT2D eigenvalue weighted by atomic mass is 16.6. The highest BCUT2D eigenvalue weighted by Crippen LogP contribution is 2.07. The number of aromatic nitrogens is 4. The minimum atomic E-state index is -0.309. The van der Waals surface area contributed by atoms with Gasteiger partial charge in [-0.2, -0.15) is 10.1 Å². The molecule has 0 aromatic carbocycles. The SMILES string of the molecule is Cc1cc(C)n(CCC(=O)OCc2nc(CC(C)C)no2)n1. The van der Waals surface area contributed by atoms with E-state index in [4.69, 9.17) is 9.26 Å². The van der Waals surface area contributed by atoms with Crippen LogP contribution in [0.1, 0.15) is 43.4 Å². The molecule has 0 aliphatic rings. The van der Waals surface area contributed by atoms with E-state index in [1.807, 2.05) is 19.9 Å². The van der Waals surface area contributed by atoms with Crippen LogP contribution in [0.5, 0.6) is 0 Å². The molecule has 2 aromatic rings. The van der Waals surface area contributed by atoms with Crippen LogP contribution in [-0.2, 0) is 29.1 Å². The van der Waals surface area contributed by atoms with Gasteiger partial charge in [-0.05, 0) is 25.8 Å². The van der Waals surface area contributed by atoms with Crippen LogP contribution in [0.4, 0.5) is 0 Å². The molecule has 7 nitrogen and oxygen atoms in total. The molecule has 2 rings (SSSR count). The molecule has 0 aliphatic heterocycles. The smallest absolute Gasteiger partial charge is 0.308 e. The molecule has 0 aliphatic carbocycles. The van der Waals surface area contributed by atoms with Crippen molar-refractivity contribution >= 4 is 5.97 Å². The van der Waals surface area contributed by atoms with Gasteiger partial charge in [-0.25, -0.2) is 0 Å². The normalized spacial score (nSPS) is 11.1. The number of ether oxygens (including phenoxy) is 1. The average molecular weight is 306 g/mol. The molecule has 0 radical (unpaired) electrons. The molecule has 0 fully saturated rings. The largest absolute Gasteiger partial charge is 0.456 e. The van der Waals surface area contributed by atoms with Crippen molar-refractivity contribution < 1.29 is 14.1 Å². The molecular formula is C15H22N4O3. The van der Waals surface area contributed by atoms with Crippen LogP contribution in [0, 0.1) is 19.8 Å². The van der Waals surface area contributed by atoms with Crippen molar-refractivity contribution in [3.8, 4) is 0 Å². The lowest BCUT2D eigenvalue weighted by molar-refractivity contribution is -0.146. The number of rotatable bonds is 7. The standard InChI is InChI=1S/C15H22N4O3/c1-10(2)7-13-16-14(22-18-13)9-21-15(20)5-6-19-12(4)8-11(3)17-19/h8,10H,5-7,9H2,1-4H3. The summed E-state index contributed by atoms with van der Waals surface area (Å²) in [5.41, 5.74) is 1.97. The van der Waals surface area contributed by atoms with Crippen molar-refractivity contribution in [1.82, 2.24) is 19.9 Å². The third-order valence-electron chi connectivity index (χ3n) is 3.09. The fourth-order valence-electron chi connectivity index (χ4n) is 2.11. The summed E-state index contributed by atoms with van der Waals surface area (Å²) in [5.74, 6) is 1.11. The van der Waals surface area contributed by atoms with Gasteiger partial charge in [0.05, 0.1) is 18.7 Å². The van der Waals surface area contributed by atoms with Gasteiger partial charge in [0.25, 0.3) is 5.89 Å². The first kappa shape index (κ1) is 16.2. The van der Waals surface area contributed by atoms with Gasteiger partial charge in [-0.1, -0.05) is 19.0 Å². The summed E-state index contributed by atoms with van der Waals surface area (Å²) in [6.07, 6.45) is 1.00. The number of nitrogens with zero attached hydrogens (tertiary/aromatic N) is 4. The van der Waals surface area contributed by atoms with Crippen LogP contribution in [0.15, 0.2) is 10.6 Å². The Labute approximate surface area is 129 Å². The Bertz CT molecular complexity index is 631. The van der Waals surface area contributed by atoms with Crippen LogP contribution in [0.2, 0.25) is 0 Å². The summed E-state index contributed by atoms with van der Waals surface area (Å²) in [5, 5.41) is 8.15. The molecule has 7 heteroatoms. The molecular weight excluding hydrogens is 284 g/mol. The van der Waals surface area contributed by atoms with Crippen LogP contribution in [0.25, 0.3) is 0 Å². The predicted molar refractivity (Wildman–Crippen MR) is 79.0 cm³/mol. The first-order valence-corrected chi connectivity index (χ1v) is 7.42. The van der Waals surface area contributed by atoms with Crippen LogP contribution in [0.3, 0.4) is 0 Å². The maximum Gasteiger partial charge on any atom is 0.308 e. The van der Waals surface area contributed by atoms with Crippen molar-refractivity contribution in [1.29, 1.82) is 0 Å². The summed E-state index contributed by atoms with van der Waals surface area (Å²) in [7, 11) is 0. The molecule has 0 unspecified atom stereocenters. The van der Waals surface area contributed by atoms with E-state index < -0.39 is 0 Å². The molecule has 0 bridgehead atoms. The molecule has 0 amide bonds. The number of hydrogen-bond donors (Lipinski definition) is 0. The highest BCUT2D eigenvalue weighted by molar-refractivity contribution is 5.69. The minimum Gasteiger partial charge on any atom is -0.456 e. The number of carbonyl (C=O) groups excluding carboxylic acids is 1. The first-order chi connectivity index (χ1) is 10.4. The lowest BCUT2D eigenvalue weighted by atomic mass is 10.1. The maximum absolute atomic E-state index is 11.7. The zero-order chi connectivity index (χ0) is 16.1. The van der Waals surface area contributed by atoms with Gasteiger partial charge in [0.2, 0.25) is 0 Å². The first-order valence-electron chi connectivity index (χ1n) is 7.42. The number of carbonyl (C=O) groups is 1. The summed E-state index contributed by atoms with van der Waals surface area (Å²) in [6, 6.07) is 1.97. The second kappa shape index (κ2) is 7.20. The van der Waals surface area contributed by atoms with Crippen molar-refractivity contribution in [3.05, 3.63) is 29.2 Å². The van der Waals surface area contributed by atoms with Gasteiger partial charge < -0.3 is 9.26 Å². The monoisotopic (exact) mass is 306 g/mol. The van der Waals surface area contributed by atoms with Gasteiger partial charge in [-0.3, -0.25) is 9.48 Å². The maximum atomic E-state index is 11.7.